The van der Waals surface area contributed by atoms with Gasteiger partial charge in [0.2, 0.25) is 0 Å². The Kier molecular flexibility index (Phi) is 6.46. The van der Waals surface area contributed by atoms with E-state index in [9.17, 15) is 13.2 Å². The van der Waals surface area contributed by atoms with E-state index in [2.05, 4.69) is 5.32 Å². The van der Waals surface area contributed by atoms with Crippen LogP contribution in [0.15, 0.2) is 47.4 Å². The van der Waals surface area contributed by atoms with Gasteiger partial charge in [0.05, 0.1) is 22.0 Å². The maximum Gasteiger partial charge on any atom is 0.279 e. The summed E-state index contributed by atoms with van der Waals surface area (Å²) in [5, 5.41) is 3.68. The van der Waals surface area contributed by atoms with Crippen molar-refractivity contribution in [3.8, 4) is 0 Å². The first-order valence-corrected chi connectivity index (χ1v) is 10.2. The minimum absolute atomic E-state index is 0.164. The Labute approximate surface area is 157 Å². The quantitative estimate of drug-likeness (QED) is 0.777. The predicted octanol–water partition coefficient (Wildman–Crippen LogP) is 2.05. The molecule has 2 N–H and O–H groups in total. The first-order valence-electron chi connectivity index (χ1n) is 7.51. The number of rotatable bonds is 6. The van der Waals surface area contributed by atoms with E-state index in [4.69, 9.17) is 23.2 Å². The molecular formula is C17H19Cl2N2O3S+. The van der Waals surface area contributed by atoms with Gasteiger partial charge in [0.15, 0.2) is 16.4 Å². The van der Waals surface area contributed by atoms with Crippen molar-refractivity contribution in [3.05, 3.63) is 58.1 Å². The Morgan fingerprint density at radius 3 is 2.52 bits per heavy atom. The number of hydrogen-bond acceptors (Lipinski definition) is 3. The largest absolute Gasteiger partial charge is 0.326 e. The standard InChI is InChI=1S/C17H18Cl2N2O3S/c1-21(10-12-5-3-8-15(18)17(12)19)11-16(22)20-13-6-4-7-14(9-13)25(2,23)24/h3-9H,10-11H2,1-2H3,(H,20,22)/p+1. The summed E-state index contributed by atoms with van der Waals surface area (Å²) in [5.74, 6) is -0.221. The molecular weight excluding hydrogens is 383 g/mol. The summed E-state index contributed by atoms with van der Waals surface area (Å²) in [6, 6.07) is 11.6. The number of amides is 1. The number of hydrogen-bond donors (Lipinski definition) is 2. The van der Waals surface area contributed by atoms with Crippen LogP contribution < -0.4 is 10.2 Å². The van der Waals surface area contributed by atoms with Gasteiger partial charge in [-0.1, -0.05) is 41.4 Å². The number of sulfone groups is 1. The van der Waals surface area contributed by atoms with Crippen molar-refractivity contribution in [1.82, 2.24) is 0 Å². The third-order valence-electron chi connectivity index (χ3n) is 3.53. The van der Waals surface area contributed by atoms with Crippen LogP contribution in [0.1, 0.15) is 5.56 Å². The molecule has 2 rings (SSSR count). The van der Waals surface area contributed by atoms with Crippen LogP contribution in [0.2, 0.25) is 10.0 Å². The molecule has 0 radical (unpaired) electrons. The molecule has 0 spiro atoms. The van der Waals surface area contributed by atoms with Crippen LogP contribution in [-0.4, -0.2) is 34.2 Å². The smallest absolute Gasteiger partial charge is 0.279 e. The van der Waals surface area contributed by atoms with Crippen LogP contribution >= 0.6 is 23.2 Å². The van der Waals surface area contributed by atoms with Crippen molar-refractivity contribution in [2.45, 2.75) is 11.4 Å². The third-order valence-corrected chi connectivity index (χ3v) is 5.50. The second-order valence-corrected chi connectivity index (χ2v) is 8.67. The van der Waals surface area contributed by atoms with Crippen molar-refractivity contribution in [1.29, 1.82) is 0 Å². The summed E-state index contributed by atoms with van der Waals surface area (Å²) in [7, 11) is -1.45. The summed E-state index contributed by atoms with van der Waals surface area (Å²) in [4.78, 5) is 13.3. The molecule has 0 fully saturated rings. The fourth-order valence-corrected chi connectivity index (χ4v) is 3.41. The number of carbonyl (C=O) groups excluding carboxylic acids is 1. The molecule has 0 aliphatic carbocycles. The molecule has 5 nitrogen and oxygen atoms in total. The minimum Gasteiger partial charge on any atom is -0.326 e. The van der Waals surface area contributed by atoms with E-state index < -0.39 is 9.84 Å². The van der Waals surface area contributed by atoms with E-state index in [-0.39, 0.29) is 17.3 Å². The Morgan fingerprint density at radius 2 is 1.84 bits per heavy atom. The summed E-state index contributed by atoms with van der Waals surface area (Å²) in [6.45, 7) is 0.738. The average Bonchev–Trinajstić information content (AvgIpc) is 2.51. The molecule has 0 aliphatic rings. The van der Waals surface area contributed by atoms with Crippen LogP contribution in [0.25, 0.3) is 0 Å². The first kappa shape index (κ1) is 19.7. The molecule has 0 saturated heterocycles. The van der Waals surface area contributed by atoms with Crippen LogP contribution in [0.3, 0.4) is 0 Å². The normalized spacial score (nSPS) is 12.6. The molecule has 0 saturated carbocycles. The number of anilines is 1. The van der Waals surface area contributed by atoms with E-state index in [0.29, 0.717) is 22.3 Å². The zero-order valence-electron chi connectivity index (χ0n) is 13.8. The summed E-state index contributed by atoms with van der Waals surface area (Å²) in [5.41, 5.74) is 1.31. The number of carbonyl (C=O) groups is 1. The molecule has 8 heteroatoms. The average molecular weight is 402 g/mol. The molecule has 0 heterocycles. The third kappa shape index (κ3) is 5.71. The molecule has 134 valence electrons. The topological polar surface area (TPSA) is 67.7 Å². The van der Waals surface area contributed by atoms with Gasteiger partial charge in [-0.05, 0) is 24.3 Å². The molecule has 0 bridgehead atoms. The van der Waals surface area contributed by atoms with Gasteiger partial charge in [0.25, 0.3) is 5.91 Å². The second kappa shape index (κ2) is 8.19. The molecule has 2 aromatic carbocycles. The lowest BCUT2D eigenvalue weighted by molar-refractivity contribution is -0.885. The maximum atomic E-state index is 12.2. The summed E-state index contributed by atoms with van der Waals surface area (Å²) in [6.07, 6.45) is 1.13. The first-order chi connectivity index (χ1) is 11.7. The monoisotopic (exact) mass is 401 g/mol. The lowest BCUT2D eigenvalue weighted by Gasteiger charge is -2.15. The van der Waals surface area contributed by atoms with Crippen LogP contribution in [0.4, 0.5) is 5.69 Å². The van der Waals surface area contributed by atoms with Gasteiger partial charge in [-0.2, -0.15) is 0 Å². The lowest BCUT2D eigenvalue weighted by Crippen LogP contribution is -3.08. The van der Waals surface area contributed by atoms with E-state index in [1.54, 1.807) is 18.2 Å². The molecule has 0 aromatic heterocycles. The minimum atomic E-state index is -3.32. The number of quaternary nitrogens is 1. The van der Waals surface area contributed by atoms with Gasteiger partial charge in [-0.3, -0.25) is 4.79 Å². The van der Waals surface area contributed by atoms with Gasteiger partial charge in [0.1, 0.15) is 6.54 Å². The number of halogens is 2. The Bertz CT molecular complexity index is 885. The van der Waals surface area contributed by atoms with Crippen molar-refractivity contribution in [3.63, 3.8) is 0 Å². The molecule has 1 amide bonds. The molecule has 2 aromatic rings. The highest BCUT2D eigenvalue weighted by atomic mass is 35.5. The van der Waals surface area contributed by atoms with Crippen LogP contribution in [0, 0.1) is 0 Å². The fraction of sp³-hybridized carbons (Fsp3) is 0.235. The van der Waals surface area contributed by atoms with Gasteiger partial charge in [-0.15, -0.1) is 0 Å². The van der Waals surface area contributed by atoms with Crippen LogP contribution in [-0.2, 0) is 21.2 Å². The molecule has 1 atom stereocenters. The fourth-order valence-electron chi connectivity index (χ4n) is 2.36. The maximum absolute atomic E-state index is 12.2. The predicted molar refractivity (Wildman–Crippen MR) is 100 cm³/mol. The van der Waals surface area contributed by atoms with Crippen LogP contribution in [0.5, 0.6) is 0 Å². The van der Waals surface area contributed by atoms with Crippen molar-refractivity contribution in [2.75, 3.05) is 25.2 Å². The van der Waals surface area contributed by atoms with Gasteiger partial charge in [-0.25, -0.2) is 8.42 Å². The van der Waals surface area contributed by atoms with E-state index in [1.807, 2.05) is 19.2 Å². The zero-order chi connectivity index (χ0) is 18.6. The van der Waals surface area contributed by atoms with Gasteiger partial charge < -0.3 is 10.2 Å². The zero-order valence-corrected chi connectivity index (χ0v) is 16.2. The van der Waals surface area contributed by atoms with E-state index in [0.717, 1.165) is 16.7 Å². The highest BCUT2D eigenvalue weighted by molar-refractivity contribution is 7.90. The summed E-state index contributed by atoms with van der Waals surface area (Å²) >= 11 is 12.2. The molecule has 1 unspecified atom stereocenters. The van der Waals surface area contributed by atoms with Gasteiger partial charge in [0, 0.05) is 17.5 Å². The summed E-state index contributed by atoms with van der Waals surface area (Å²) < 4.78 is 23.1. The lowest BCUT2D eigenvalue weighted by atomic mass is 10.2. The Balaban J connectivity index is 1.99. The Morgan fingerprint density at radius 1 is 1.16 bits per heavy atom. The number of likely N-dealkylation sites (N-methyl/N-ethyl adjacent to an activating group) is 1. The Hall–Kier alpha value is -1.60. The van der Waals surface area contributed by atoms with Crippen molar-refractivity contribution < 1.29 is 18.1 Å². The van der Waals surface area contributed by atoms with E-state index in [1.165, 1.54) is 12.1 Å². The SMILES string of the molecule is C[NH+](CC(=O)Nc1cccc(S(C)(=O)=O)c1)Cc1cccc(Cl)c1Cl. The second-order valence-electron chi connectivity index (χ2n) is 5.87. The highest BCUT2D eigenvalue weighted by Gasteiger charge is 2.15. The van der Waals surface area contributed by atoms with Gasteiger partial charge >= 0.3 is 0 Å². The van der Waals surface area contributed by atoms with Crippen molar-refractivity contribution in [2.24, 2.45) is 0 Å². The number of nitrogens with one attached hydrogen (secondary N) is 2. The van der Waals surface area contributed by atoms with E-state index >= 15 is 0 Å². The molecule has 25 heavy (non-hydrogen) atoms. The molecule has 0 aliphatic heterocycles. The highest BCUT2D eigenvalue weighted by Crippen LogP contribution is 2.24. The van der Waals surface area contributed by atoms with Crippen molar-refractivity contribution >= 4 is 44.6 Å². The number of benzene rings is 2.